The second-order valence-electron chi connectivity index (χ2n) is 10.0. The Morgan fingerprint density at radius 2 is 1.75 bits per heavy atom. The minimum atomic E-state index is -3.55. The van der Waals surface area contributed by atoms with Gasteiger partial charge in [0.25, 0.3) is 11.8 Å². The SMILES string of the molecule is CS(=O)(=O)N[C@H]1CCCCC1N1C(=O)c2ccccc2[C@@H](C(=O)NOCc2ncccn2)[C@@H]1c1ccc(Cl)cc1. The maximum Gasteiger partial charge on any atom is 0.255 e. The minimum absolute atomic E-state index is 0.0435. The average Bonchev–Trinajstić information content (AvgIpc) is 2.94. The van der Waals surface area contributed by atoms with Crippen molar-refractivity contribution in [3.8, 4) is 0 Å². The predicted molar refractivity (Wildman–Crippen MR) is 149 cm³/mol. The second kappa shape index (κ2) is 12.0. The molecule has 10 nitrogen and oxygen atoms in total. The van der Waals surface area contributed by atoms with Crippen LogP contribution in [-0.4, -0.2) is 53.4 Å². The first-order valence-corrected chi connectivity index (χ1v) is 15.3. The molecule has 40 heavy (non-hydrogen) atoms. The number of aromatic nitrogens is 2. The normalized spacial score (nSPS) is 22.9. The summed E-state index contributed by atoms with van der Waals surface area (Å²) >= 11 is 6.20. The molecule has 2 aromatic carbocycles. The van der Waals surface area contributed by atoms with Gasteiger partial charge in [0.05, 0.1) is 18.2 Å². The van der Waals surface area contributed by atoms with Crippen molar-refractivity contribution in [3.05, 3.63) is 94.5 Å². The van der Waals surface area contributed by atoms with Gasteiger partial charge in [0.15, 0.2) is 5.82 Å². The van der Waals surface area contributed by atoms with Crippen LogP contribution in [-0.2, 0) is 26.3 Å². The third-order valence-corrected chi connectivity index (χ3v) is 8.30. The summed E-state index contributed by atoms with van der Waals surface area (Å²) < 4.78 is 27.3. The van der Waals surface area contributed by atoms with Crippen molar-refractivity contribution in [2.45, 2.75) is 56.3 Å². The summed E-state index contributed by atoms with van der Waals surface area (Å²) in [6.07, 6.45) is 7.09. The Morgan fingerprint density at radius 3 is 2.48 bits per heavy atom. The molecule has 5 rings (SSSR count). The first kappa shape index (κ1) is 28.2. The maximum atomic E-state index is 14.2. The van der Waals surface area contributed by atoms with Gasteiger partial charge in [-0.15, -0.1) is 0 Å². The first-order valence-electron chi connectivity index (χ1n) is 13.0. The summed E-state index contributed by atoms with van der Waals surface area (Å²) in [5, 5.41) is 0.513. The fourth-order valence-electron chi connectivity index (χ4n) is 5.71. The number of carbonyl (C=O) groups is 2. The molecule has 1 aliphatic heterocycles. The maximum absolute atomic E-state index is 14.2. The van der Waals surface area contributed by atoms with Crippen molar-refractivity contribution < 1.29 is 22.8 Å². The Balaban J connectivity index is 1.57. The van der Waals surface area contributed by atoms with Crippen LogP contribution in [0.4, 0.5) is 0 Å². The zero-order valence-electron chi connectivity index (χ0n) is 21.9. The molecule has 2 amide bonds. The van der Waals surface area contributed by atoms with Gasteiger partial charge >= 0.3 is 0 Å². The lowest BCUT2D eigenvalue weighted by Gasteiger charge is -2.49. The van der Waals surface area contributed by atoms with Gasteiger partial charge in [0.1, 0.15) is 6.61 Å². The highest BCUT2D eigenvalue weighted by Gasteiger charge is 2.49. The highest BCUT2D eigenvalue weighted by atomic mass is 35.5. The fourth-order valence-corrected chi connectivity index (χ4v) is 6.66. The molecule has 1 aromatic heterocycles. The third kappa shape index (κ3) is 6.17. The van der Waals surface area contributed by atoms with Gasteiger partial charge in [-0.2, -0.15) is 0 Å². The number of fused-ring (bicyclic) bond motifs is 1. The number of halogens is 1. The Hall–Kier alpha value is -3.38. The Labute approximate surface area is 238 Å². The largest absolute Gasteiger partial charge is 0.326 e. The Kier molecular flexibility index (Phi) is 8.46. The van der Waals surface area contributed by atoms with Crippen LogP contribution in [0.3, 0.4) is 0 Å². The molecule has 12 heteroatoms. The van der Waals surface area contributed by atoms with E-state index in [9.17, 15) is 18.0 Å². The van der Waals surface area contributed by atoms with Crippen LogP contribution in [0.15, 0.2) is 67.0 Å². The number of hydrogen-bond donors (Lipinski definition) is 2. The number of nitrogens with one attached hydrogen (secondary N) is 2. The summed E-state index contributed by atoms with van der Waals surface area (Å²) in [7, 11) is -3.55. The van der Waals surface area contributed by atoms with Crippen LogP contribution in [0.25, 0.3) is 0 Å². The molecular formula is C28H30ClN5O5S. The van der Waals surface area contributed by atoms with Crippen LogP contribution in [0, 0.1) is 0 Å². The second-order valence-corrected chi connectivity index (χ2v) is 12.3. The summed E-state index contributed by atoms with van der Waals surface area (Å²) in [5.74, 6) is -1.17. The molecule has 1 fully saturated rings. The zero-order valence-corrected chi connectivity index (χ0v) is 23.4. The lowest BCUT2D eigenvalue weighted by Crippen LogP contribution is -2.59. The van der Waals surface area contributed by atoms with Crippen LogP contribution in [0.5, 0.6) is 0 Å². The van der Waals surface area contributed by atoms with Crippen LogP contribution in [0.2, 0.25) is 5.02 Å². The quantitative estimate of drug-likeness (QED) is 0.388. The third-order valence-electron chi connectivity index (χ3n) is 7.32. The molecule has 2 N–H and O–H groups in total. The van der Waals surface area contributed by atoms with E-state index in [4.69, 9.17) is 16.4 Å². The first-order chi connectivity index (χ1) is 19.2. The standard InChI is InChI=1S/C28H30ClN5O5S/c1-40(37,38)33-22-9-4-5-10-23(22)34-26(18-11-13-19(29)14-12-18)25(20-7-2-3-8-21(20)28(34)36)27(35)32-39-17-24-30-15-6-16-31-24/h2-3,6-8,11-16,22-23,25-26,33H,4-5,9-10,17H2,1H3,(H,32,35)/t22-,23?,25+,26-/m0/s1. The molecule has 0 saturated heterocycles. The smallest absolute Gasteiger partial charge is 0.255 e. The fraction of sp³-hybridized carbons (Fsp3) is 0.357. The summed E-state index contributed by atoms with van der Waals surface area (Å²) in [6, 6.07) is 14.0. The topological polar surface area (TPSA) is 131 Å². The molecule has 2 aliphatic rings. The molecule has 4 atom stereocenters. The van der Waals surface area contributed by atoms with Gasteiger partial charge < -0.3 is 4.90 Å². The Bertz CT molecular complexity index is 1470. The molecule has 1 saturated carbocycles. The number of hydroxylamine groups is 1. The number of sulfonamides is 1. The lowest BCUT2D eigenvalue weighted by molar-refractivity contribution is -0.138. The van der Waals surface area contributed by atoms with E-state index in [0.717, 1.165) is 19.1 Å². The van der Waals surface area contributed by atoms with E-state index in [1.165, 1.54) is 0 Å². The minimum Gasteiger partial charge on any atom is -0.326 e. The molecule has 2 heterocycles. The monoisotopic (exact) mass is 583 g/mol. The molecule has 1 unspecified atom stereocenters. The molecule has 0 radical (unpaired) electrons. The van der Waals surface area contributed by atoms with Crippen LogP contribution < -0.4 is 10.2 Å². The number of amides is 2. The van der Waals surface area contributed by atoms with E-state index in [-0.39, 0.29) is 12.5 Å². The summed E-state index contributed by atoms with van der Waals surface area (Å²) in [5.41, 5.74) is 4.19. The van der Waals surface area contributed by atoms with E-state index in [1.807, 2.05) is 0 Å². The molecule has 3 aromatic rings. The number of hydrogen-bond acceptors (Lipinski definition) is 7. The van der Waals surface area contributed by atoms with Crippen molar-refractivity contribution in [2.75, 3.05) is 6.26 Å². The van der Waals surface area contributed by atoms with E-state index < -0.39 is 40.0 Å². The van der Waals surface area contributed by atoms with E-state index in [1.54, 1.807) is 71.9 Å². The van der Waals surface area contributed by atoms with Crippen molar-refractivity contribution in [3.63, 3.8) is 0 Å². The summed E-state index contributed by atoms with van der Waals surface area (Å²) in [4.78, 5) is 43.5. The van der Waals surface area contributed by atoms with Crippen LogP contribution in [0.1, 0.15) is 65.0 Å². The van der Waals surface area contributed by atoms with Gasteiger partial charge in [0.2, 0.25) is 10.0 Å². The van der Waals surface area contributed by atoms with Gasteiger partial charge in [-0.05, 0) is 48.2 Å². The molecule has 0 spiro atoms. The number of carbonyl (C=O) groups excluding carboxylic acids is 2. The van der Waals surface area contributed by atoms with Gasteiger partial charge in [-0.25, -0.2) is 28.6 Å². The Morgan fingerprint density at radius 1 is 1.05 bits per heavy atom. The lowest BCUT2D eigenvalue weighted by atomic mass is 9.76. The zero-order chi connectivity index (χ0) is 28.3. The van der Waals surface area contributed by atoms with Gasteiger partial charge in [0, 0.05) is 35.1 Å². The van der Waals surface area contributed by atoms with E-state index >= 15 is 0 Å². The van der Waals surface area contributed by atoms with E-state index in [0.29, 0.717) is 40.4 Å². The van der Waals surface area contributed by atoms with Crippen molar-refractivity contribution in [2.24, 2.45) is 0 Å². The van der Waals surface area contributed by atoms with Crippen molar-refractivity contribution in [1.29, 1.82) is 0 Å². The predicted octanol–water partition coefficient (Wildman–Crippen LogP) is 3.52. The van der Waals surface area contributed by atoms with E-state index in [2.05, 4.69) is 20.2 Å². The van der Waals surface area contributed by atoms with Crippen LogP contribution >= 0.6 is 11.6 Å². The molecule has 1 aliphatic carbocycles. The summed E-state index contributed by atoms with van der Waals surface area (Å²) in [6.45, 7) is -0.0435. The number of nitrogens with zero attached hydrogens (tertiary/aromatic N) is 3. The van der Waals surface area contributed by atoms with Crippen molar-refractivity contribution >= 4 is 33.4 Å². The van der Waals surface area contributed by atoms with Gasteiger partial charge in [-0.1, -0.05) is 54.8 Å². The van der Waals surface area contributed by atoms with Crippen molar-refractivity contribution in [1.82, 2.24) is 25.1 Å². The number of rotatable bonds is 8. The molecular weight excluding hydrogens is 554 g/mol. The molecule has 210 valence electrons. The molecule has 0 bridgehead atoms. The van der Waals surface area contributed by atoms with Gasteiger partial charge in [-0.3, -0.25) is 14.4 Å². The highest BCUT2D eigenvalue weighted by molar-refractivity contribution is 7.88. The average molecular weight is 584 g/mol. The number of benzene rings is 2. The highest BCUT2D eigenvalue weighted by Crippen LogP contribution is 2.46.